The average Bonchev–Trinajstić information content (AvgIpc) is 3.20. The first-order valence-corrected chi connectivity index (χ1v) is 7.00. The second kappa shape index (κ2) is 5.38. The molecule has 23 heavy (non-hydrogen) atoms. The number of H-pyrrole nitrogens is 1. The summed E-state index contributed by atoms with van der Waals surface area (Å²) >= 11 is 0. The molecular weight excluding hydrogens is 292 g/mol. The summed E-state index contributed by atoms with van der Waals surface area (Å²) in [6.07, 6.45) is 7.67. The Morgan fingerprint density at radius 1 is 1.13 bits per heavy atom. The first-order valence-electron chi connectivity index (χ1n) is 7.00. The van der Waals surface area contributed by atoms with Crippen molar-refractivity contribution in [3.8, 4) is 0 Å². The molecule has 3 heterocycles. The maximum absolute atomic E-state index is 11.8. The quantitative estimate of drug-likeness (QED) is 0.567. The lowest BCUT2D eigenvalue weighted by atomic mass is 10.1. The second-order valence-electron chi connectivity index (χ2n) is 5.00. The lowest BCUT2D eigenvalue weighted by molar-refractivity contribution is -0.112. The molecule has 0 radical (unpaired) electrons. The van der Waals surface area contributed by atoms with Gasteiger partial charge in [0.2, 0.25) is 0 Å². The van der Waals surface area contributed by atoms with Crippen LogP contribution in [0.15, 0.2) is 55.3 Å². The molecule has 4 aromatic rings. The van der Waals surface area contributed by atoms with Crippen molar-refractivity contribution in [3.05, 3.63) is 61.0 Å². The van der Waals surface area contributed by atoms with Gasteiger partial charge < -0.3 is 4.98 Å². The zero-order chi connectivity index (χ0) is 15.6. The van der Waals surface area contributed by atoms with Gasteiger partial charge in [-0.05, 0) is 18.2 Å². The summed E-state index contributed by atoms with van der Waals surface area (Å²) in [7, 11) is 0. The van der Waals surface area contributed by atoms with Gasteiger partial charge in [0, 0.05) is 22.4 Å². The van der Waals surface area contributed by atoms with Crippen LogP contribution in [0.4, 0.5) is 0 Å². The molecule has 7 heteroatoms. The number of carbonyl (C=O) groups excluding carboxylic acids is 1. The third-order valence-corrected chi connectivity index (χ3v) is 3.48. The Labute approximate surface area is 130 Å². The number of aromatic amines is 1. The van der Waals surface area contributed by atoms with E-state index in [1.54, 1.807) is 12.3 Å². The number of benzene rings is 1. The van der Waals surface area contributed by atoms with Crippen molar-refractivity contribution in [1.82, 2.24) is 24.8 Å². The lowest BCUT2D eigenvalue weighted by Gasteiger charge is -1.99. The predicted molar refractivity (Wildman–Crippen MR) is 87.0 cm³/mol. The summed E-state index contributed by atoms with van der Waals surface area (Å²) < 4.78 is 1.38. The van der Waals surface area contributed by atoms with E-state index >= 15 is 0 Å². The number of nitrogens with one attached hydrogen (secondary N) is 2. The van der Waals surface area contributed by atoms with Crippen molar-refractivity contribution in [1.29, 1.82) is 0 Å². The summed E-state index contributed by atoms with van der Waals surface area (Å²) in [6, 6.07) is 10.0. The summed E-state index contributed by atoms with van der Waals surface area (Å²) in [5, 5.41) is 9.43. The molecule has 7 nitrogen and oxygen atoms in total. The topological polar surface area (TPSA) is 88.5 Å². The molecule has 0 unspecified atom stereocenters. The van der Waals surface area contributed by atoms with Crippen molar-refractivity contribution < 1.29 is 4.79 Å². The first kappa shape index (κ1) is 13.2. The van der Waals surface area contributed by atoms with E-state index in [1.165, 1.54) is 23.4 Å². The van der Waals surface area contributed by atoms with E-state index in [0.29, 0.717) is 5.69 Å². The summed E-state index contributed by atoms with van der Waals surface area (Å²) in [5.41, 5.74) is 5.33. The SMILES string of the molecule is O=C(/C=C/c1cc2c(cn1)[nH]c1ccccc12)Nn1cnnc1. The van der Waals surface area contributed by atoms with Gasteiger partial charge in [0.25, 0.3) is 5.91 Å². The number of nitrogens with zero attached hydrogens (tertiary/aromatic N) is 4. The van der Waals surface area contributed by atoms with E-state index in [-0.39, 0.29) is 5.91 Å². The smallest absolute Gasteiger partial charge is 0.262 e. The van der Waals surface area contributed by atoms with Crippen molar-refractivity contribution in [2.45, 2.75) is 0 Å². The van der Waals surface area contributed by atoms with E-state index in [1.807, 2.05) is 24.3 Å². The molecule has 0 aliphatic carbocycles. The van der Waals surface area contributed by atoms with Gasteiger partial charge in [-0.1, -0.05) is 18.2 Å². The van der Waals surface area contributed by atoms with Gasteiger partial charge in [-0.25, -0.2) is 4.68 Å². The van der Waals surface area contributed by atoms with Crippen LogP contribution in [0.3, 0.4) is 0 Å². The Hall–Kier alpha value is -3.48. The van der Waals surface area contributed by atoms with Crippen LogP contribution in [-0.2, 0) is 4.79 Å². The van der Waals surface area contributed by atoms with Crippen molar-refractivity contribution in [2.75, 3.05) is 5.43 Å². The highest BCUT2D eigenvalue weighted by Crippen LogP contribution is 2.25. The van der Waals surface area contributed by atoms with E-state index in [2.05, 4.69) is 31.7 Å². The zero-order valence-corrected chi connectivity index (χ0v) is 12.0. The number of amides is 1. The Balaban J connectivity index is 1.62. The standard InChI is InChI=1S/C16H12N6O/c23-16(21-22-9-18-19-10-22)6-5-11-7-13-12-3-1-2-4-14(12)20-15(13)8-17-11/h1-10,20H,(H,21,23)/b6-5+. The number of rotatable bonds is 3. The van der Waals surface area contributed by atoms with Crippen LogP contribution in [0.2, 0.25) is 0 Å². The summed E-state index contributed by atoms with van der Waals surface area (Å²) in [6.45, 7) is 0. The molecule has 0 fully saturated rings. The van der Waals surface area contributed by atoms with Gasteiger partial charge in [-0.15, -0.1) is 10.2 Å². The minimum Gasteiger partial charge on any atom is -0.353 e. The predicted octanol–water partition coefficient (Wildman–Crippen LogP) is 2.09. The first-order chi connectivity index (χ1) is 11.3. The van der Waals surface area contributed by atoms with Crippen molar-refractivity contribution >= 4 is 33.8 Å². The lowest BCUT2D eigenvalue weighted by Crippen LogP contribution is -2.18. The molecule has 3 aromatic heterocycles. The Bertz CT molecular complexity index is 1020. The minimum absolute atomic E-state index is 0.286. The van der Waals surface area contributed by atoms with Crippen LogP contribution in [-0.4, -0.2) is 30.7 Å². The van der Waals surface area contributed by atoms with E-state index in [0.717, 1.165) is 21.8 Å². The van der Waals surface area contributed by atoms with Gasteiger partial charge in [-0.2, -0.15) is 0 Å². The molecule has 0 spiro atoms. The van der Waals surface area contributed by atoms with Gasteiger partial charge in [0.05, 0.1) is 17.4 Å². The van der Waals surface area contributed by atoms with Crippen LogP contribution in [0.1, 0.15) is 5.69 Å². The third-order valence-electron chi connectivity index (χ3n) is 3.48. The number of fused-ring (bicyclic) bond motifs is 3. The maximum atomic E-state index is 11.8. The molecular formula is C16H12N6O. The van der Waals surface area contributed by atoms with Crippen LogP contribution >= 0.6 is 0 Å². The van der Waals surface area contributed by atoms with Gasteiger partial charge in [0.1, 0.15) is 12.7 Å². The van der Waals surface area contributed by atoms with Gasteiger partial charge in [-0.3, -0.25) is 15.2 Å². The molecule has 0 bridgehead atoms. The number of hydrogen-bond acceptors (Lipinski definition) is 4. The van der Waals surface area contributed by atoms with Crippen LogP contribution in [0, 0.1) is 0 Å². The molecule has 4 rings (SSSR count). The Morgan fingerprint density at radius 3 is 2.83 bits per heavy atom. The number of carbonyl (C=O) groups is 1. The molecule has 1 aromatic carbocycles. The average molecular weight is 304 g/mol. The molecule has 0 aliphatic rings. The summed E-state index contributed by atoms with van der Waals surface area (Å²) in [4.78, 5) is 19.5. The van der Waals surface area contributed by atoms with E-state index in [9.17, 15) is 4.79 Å². The molecule has 1 amide bonds. The maximum Gasteiger partial charge on any atom is 0.262 e. The summed E-state index contributed by atoms with van der Waals surface area (Å²) in [5.74, 6) is -0.286. The Morgan fingerprint density at radius 2 is 1.96 bits per heavy atom. The second-order valence-corrected chi connectivity index (χ2v) is 5.00. The largest absolute Gasteiger partial charge is 0.353 e. The van der Waals surface area contributed by atoms with Crippen molar-refractivity contribution in [3.63, 3.8) is 0 Å². The zero-order valence-electron chi connectivity index (χ0n) is 12.0. The fourth-order valence-electron chi connectivity index (χ4n) is 2.44. The van der Waals surface area contributed by atoms with E-state index < -0.39 is 0 Å². The highest BCUT2D eigenvalue weighted by molar-refractivity contribution is 6.07. The van der Waals surface area contributed by atoms with Crippen LogP contribution in [0.25, 0.3) is 27.9 Å². The van der Waals surface area contributed by atoms with E-state index in [4.69, 9.17) is 0 Å². The van der Waals surface area contributed by atoms with Crippen LogP contribution in [0.5, 0.6) is 0 Å². The number of aromatic nitrogens is 5. The molecule has 0 saturated carbocycles. The minimum atomic E-state index is -0.286. The fourth-order valence-corrected chi connectivity index (χ4v) is 2.44. The fraction of sp³-hybridized carbons (Fsp3) is 0. The molecule has 0 saturated heterocycles. The van der Waals surface area contributed by atoms with Gasteiger partial charge >= 0.3 is 0 Å². The monoisotopic (exact) mass is 304 g/mol. The molecule has 112 valence electrons. The van der Waals surface area contributed by atoms with Gasteiger partial charge in [0.15, 0.2) is 0 Å². The number of pyridine rings is 1. The van der Waals surface area contributed by atoms with Crippen molar-refractivity contribution in [2.24, 2.45) is 0 Å². The molecule has 0 aliphatic heterocycles. The number of hydrogen-bond donors (Lipinski definition) is 2. The highest BCUT2D eigenvalue weighted by Gasteiger charge is 2.04. The number of para-hydroxylation sites is 1. The van der Waals surface area contributed by atoms with Crippen LogP contribution < -0.4 is 5.43 Å². The Kier molecular flexibility index (Phi) is 3.09. The normalized spacial score (nSPS) is 11.5. The third kappa shape index (κ3) is 2.55. The highest BCUT2D eigenvalue weighted by atomic mass is 16.2. The molecule has 2 N–H and O–H groups in total. The molecule has 0 atom stereocenters.